The molecule has 106 valence electrons. The van der Waals surface area contributed by atoms with E-state index in [4.69, 9.17) is 10.5 Å². The molecule has 0 aliphatic carbocycles. The highest BCUT2D eigenvalue weighted by Crippen LogP contribution is 2.24. The highest BCUT2D eigenvalue weighted by molar-refractivity contribution is 5.23. The van der Waals surface area contributed by atoms with E-state index in [-0.39, 0.29) is 5.54 Å². The molecule has 0 radical (unpaired) electrons. The zero-order valence-electron chi connectivity index (χ0n) is 12.3. The Morgan fingerprint density at radius 1 is 1.37 bits per heavy atom. The first kappa shape index (κ1) is 14.5. The second-order valence-electron chi connectivity index (χ2n) is 6.06. The van der Waals surface area contributed by atoms with Gasteiger partial charge in [0.25, 0.3) is 0 Å². The van der Waals surface area contributed by atoms with Crippen molar-refractivity contribution in [2.75, 3.05) is 26.7 Å². The Kier molecular flexibility index (Phi) is 4.61. The number of piperidine rings is 1. The standard InChI is InChI=1S/C16H26N2O/c1-13-9-10-18(11-15(13)19-3)12-16(2,17)14-7-5-4-6-8-14/h4-8,13,15H,9-12,17H2,1-3H3. The predicted molar refractivity (Wildman–Crippen MR) is 79.0 cm³/mol. The lowest BCUT2D eigenvalue weighted by Crippen LogP contribution is -2.51. The number of methoxy groups -OCH3 is 1. The Labute approximate surface area is 116 Å². The van der Waals surface area contributed by atoms with E-state index in [1.54, 1.807) is 0 Å². The van der Waals surface area contributed by atoms with Crippen molar-refractivity contribution in [3.05, 3.63) is 35.9 Å². The Hall–Kier alpha value is -0.900. The molecular formula is C16H26N2O. The lowest BCUT2D eigenvalue weighted by molar-refractivity contribution is -0.0105. The molecule has 1 fully saturated rings. The van der Waals surface area contributed by atoms with Gasteiger partial charge in [-0.3, -0.25) is 4.90 Å². The van der Waals surface area contributed by atoms with Crippen molar-refractivity contribution in [2.24, 2.45) is 11.7 Å². The van der Waals surface area contributed by atoms with Crippen molar-refractivity contribution < 1.29 is 4.74 Å². The first-order valence-corrected chi connectivity index (χ1v) is 7.12. The van der Waals surface area contributed by atoms with Gasteiger partial charge in [0.15, 0.2) is 0 Å². The van der Waals surface area contributed by atoms with E-state index >= 15 is 0 Å². The Morgan fingerprint density at radius 2 is 2.05 bits per heavy atom. The van der Waals surface area contributed by atoms with Crippen molar-refractivity contribution in [2.45, 2.75) is 31.9 Å². The molecule has 1 aliphatic heterocycles. The maximum absolute atomic E-state index is 6.51. The molecule has 2 rings (SSSR count). The van der Waals surface area contributed by atoms with E-state index in [1.807, 2.05) is 13.2 Å². The third-order valence-corrected chi connectivity index (χ3v) is 4.26. The van der Waals surface area contributed by atoms with Gasteiger partial charge in [-0.2, -0.15) is 0 Å². The number of hydrogen-bond acceptors (Lipinski definition) is 3. The van der Waals surface area contributed by atoms with Gasteiger partial charge in [-0.15, -0.1) is 0 Å². The molecule has 1 saturated heterocycles. The van der Waals surface area contributed by atoms with Crippen molar-refractivity contribution in [1.29, 1.82) is 0 Å². The molecule has 19 heavy (non-hydrogen) atoms. The van der Waals surface area contributed by atoms with Gasteiger partial charge < -0.3 is 10.5 Å². The number of nitrogens with two attached hydrogens (primary N) is 1. The number of likely N-dealkylation sites (tertiary alicyclic amines) is 1. The third kappa shape index (κ3) is 3.56. The van der Waals surface area contributed by atoms with Crippen LogP contribution in [-0.2, 0) is 10.3 Å². The molecule has 3 unspecified atom stereocenters. The summed E-state index contributed by atoms with van der Waals surface area (Å²) in [7, 11) is 1.81. The summed E-state index contributed by atoms with van der Waals surface area (Å²) in [6, 6.07) is 10.4. The van der Waals surface area contributed by atoms with Crippen LogP contribution in [0.3, 0.4) is 0 Å². The van der Waals surface area contributed by atoms with E-state index in [2.05, 4.69) is 43.0 Å². The fourth-order valence-electron chi connectivity index (χ4n) is 2.92. The smallest absolute Gasteiger partial charge is 0.0724 e. The van der Waals surface area contributed by atoms with Gasteiger partial charge in [-0.05, 0) is 31.4 Å². The fraction of sp³-hybridized carbons (Fsp3) is 0.625. The lowest BCUT2D eigenvalue weighted by atomic mass is 9.90. The van der Waals surface area contributed by atoms with Gasteiger partial charge >= 0.3 is 0 Å². The summed E-state index contributed by atoms with van der Waals surface area (Å²) in [6.45, 7) is 7.36. The average Bonchev–Trinajstić information content (AvgIpc) is 2.42. The Bertz CT molecular complexity index is 391. The highest BCUT2D eigenvalue weighted by Gasteiger charge is 2.30. The molecule has 0 amide bonds. The molecule has 3 heteroatoms. The van der Waals surface area contributed by atoms with Crippen LogP contribution < -0.4 is 5.73 Å². The predicted octanol–water partition coefficient (Wildman–Crippen LogP) is 2.22. The van der Waals surface area contributed by atoms with Crippen LogP contribution in [-0.4, -0.2) is 37.7 Å². The van der Waals surface area contributed by atoms with Crippen LogP contribution in [0.5, 0.6) is 0 Å². The van der Waals surface area contributed by atoms with Crippen LogP contribution in [0.2, 0.25) is 0 Å². The Morgan fingerprint density at radius 3 is 2.68 bits per heavy atom. The topological polar surface area (TPSA) is 38.5 Å². The summed E-state index contributed by atoms with van der Waals surface area (Å²) >= 11 is 0. The number of nitrogens with zero attached hydrogens (tertiary/aromatic N) is 1. The van der Waals surface area contributed by atoms with Gasteiger partial charge in [-0.1, -0.05) is 37.3 Å². The van der Waals surface area contributed by atoms with Crippen LogP contribution in [0.15, 0.2) is 30.3 Å². The van der Waals surface area contributed by atoms with Crippen molar-refractivity contribution in [1.82, 2.24) is 4.90 Å². The summed E-state index contributed by atoms with van der Waals surface area (Å²) < 4.78 is 5.57. The summed E-state index contributed by atoms with van der Waals surface area (Å²) in [5.74, 6) is 0.641. The van der Waals surface area contributed by atoms with E-state index in [0.29, 0.717) is 12.0 Å². The van der Waals surface area contributed by atoms with Crippen LogP contribution in [0.25, 0.3) is 0 Å². The number of ether oxygens (including phenoxy) is 1. The maximum atomic E-state index is 6.51. The molecule has 0 saturated carbocycles. The molecule has 3 nitrogen and oxygen atoms in total. The highest BCUT2D eigenvalue weighted by atomic mass is 16.5. The van der Waals surface area contributed by atoms with E-state index in [0.717, 1.165) is 19.6 Å². The van der Waals surface area contributed by atoms with Gasteiger partial charge in [0.05, 0.1) is 11.6 Å². The molecule has 2 N–H and O–H groups in total. The van der Waals surface area contributed by atoms with Crippen LogP contribution in [0, 0.1) is 5.92 Å². The fourth-order valence-corrected chi connectivity index (χ4v) is 2.92. The summed E-state index contributed by atoms with van der Waals surface area (Å²) in [5, 5.41) is 0. The van der Waals surface area contributed by atoms with Gasteiger partial charge in [0, 0.05) is 20.2 Å². The Balaban J connectivity index is 2.01. The third-order valence-electron chi connectivity index (χ3n) is 4.26. The largest absolute Gasteiger partial charge is 0.380 e. The number of hydrogen-bond donors (Lipinski definition) is 1. The molecule has 1 heterocycles. The van der Waals surface area contributed by atoms with Gasteiger partial charge in [0.2, 0.25) is 0 Å². The molecule has 1 aliphatic rings. The normalized spacial score (nSPS) is 28.0. The SMILES string of the molecule is COC1CN(CC(C)(N)c2ccccc2)CCC1C. The maximum Gasteiger partial charge on any atom is 0.0724 e. The second kappa shape index (κ2) is 6.04. The molecule has 1 aromatic rings. The average molecular weight is 262 g/mol. The minimum atomic E-state index is -0.305. The summed E-state index contributed by atoms with van der Waals surface area (Å²) in [5.41, 5.74) is 7.40. The van der Waals surface area contributed by atoms with E-state index < -0.39 is 0 Å². The summed E-state index contributed by atoms with van der Waals surface area (Å²) in [6.07, 6.45) is 1.52. The number of benzene rings is 1. The van der Waals surface area contributed by atoms with Crippen LogP contribution in [0.4, 0.5) is 0 Å². The summed E-state index contributed by atoms with van der Waals surface area (Å²) in [4.78, 5) is 2.43. The molecular weight excluding hydrogens is 236 g/mol. The first-order valence-electron chi connectivity index (χ1n) is 7.12. The minimum absolute atomic E-state index is 0.305. The molecule has 3 atom stereocenters. The molecule has 0 bridgehead atoms. The zero-order chi connectivity index (χ0) is 13.9. The van der Waals surface area contributed by atoms with Crippen LogP contribution >= 0.6 is 0 Å². The molecule has 1 aromatic carbocycles. The van der Waals surface area contributed by atoms with Crippen molar-refractivity contribution in [3.8, 4) is 0 Å². The first-order chi connectivity index (χ1) is 9.03. The lowest BCUT2D eigenvalue weighted by Gasteiger charge is -2.40. The molecule has 0 spiro atoms. The monoisotopic (exact) mass is 262 g/mol. The van der Waals surface area contributed by atoms with E-state index in [1.165, 1.54) is 12.0 Å². The van der Waals surface area contributed by atoms with Gasteiger partial charge in [-0.25, -0.2) is 0 Å². The minimum Gasteiger partial charge on any atom is -0.380 e. The van der Waals surface area contributed by atoms with Crippen LogP contribution in [0.1, 0.15) is 25.8 Å². The zero-order valence-corrected chi connectivity index (χ0v) is 12.3. The molecule has 0 aromatic heterocycles. The number of rotatable bonds is 4. The second-order valence-corrected chi connectivity index (χ2v) is 6.06. The van der Waals surface area contributed by atoms with E-state index in [9.17, 15) is 0 Å². The van der Waals surface area contributed by atoms with Crippen molar-refractivity contribution >= 4 is 0 Å². The van der Waals surface area contributed by atoms with Crippen molar-refractivity contribution in [3.63, 3.8) is 0 Å². The van der Waals surface area contributed by atoms with Gasteiger partial charge in [0.1, 0.15) is 0 Å². The quantitative estimate of drug-likeness (QED) is 0.904.